The number of hydrogen-bond donors (Lipinski definition) is 1. The lowest BCUT2D eigenvalue weighted by molar-refractivity contribution is 0.106. The van der Waals surface area contributed by atoms with Crippen molar-refractivity contribution in [2.45, 2.75) is 19.8 Å². The van der Waals surface area contributed by atoms with Gasteiger partial charge in [-0.3, -0.25) is 0 Å². The average molecular weight is 280 g/mol. The molecule has 0 heterocycles. The first kappa shape index (κ1) is 14.0. The zero-order chi connectivity index (χ0) is 13.7. The Balaban J connectivity index is 1.98. The van der Waals surface area contributed by atoms with E-state index < -0.39 is 0 Å². The summed E-state index contributed by atoms with van der Waals surface area (Å²) in [6.07, 6.45) is 0. The van der Waals surface area contributed by atoms with E-state index in [9.17, 15) is 4.39 Å². The van der Waals surface area contributed by atoms with E-state index in [2.05, 4.69) is 0 Å². The molecule has 19 heavy (non-hydrogen) atoms. The van der Waals surface area contributed by atoms with E-state index in [0.717, 1.165) is 16.7 Å². The second kappa shape index (κ2) is 6.66. The molecule has 0 aliphatic rings. The molecule has 100 valence electrons. The van der Waals surface area contributed by atoms with Gasteiger partial charge in [0.25, 0.3) is 0 Å². The topological polar surface area (TPSA) is 35.2 Å². The van der Waals surface area contributed by atoms with E-state index in [1.165, 1.54) is 12.1 Å². The normalized spacial score (nSPS) is 10.7. The molecular formula is C15H15ClFNO. The molecule has 4 heteroatoms. The molecule has 2 aromatic carbocycles. The van der Waals surface area contributed by atoms with Gasteiger partial charge in [0.15, 0.2) is 0 Å². The van der Waals surface area contributed by atoms with Crippen molar-refractivity contribution in [3.63, 3.8) is 0 Å². The maximum absolute atomic E-state index is 13.1. The Bertz CT molecular complexity index is 560. The molecule has 0 saturated heterocycles. The molecule has 0 fully saturated rings. The summed E-state index contributed by atoms with van der Waals surface area (Å²) >= 11 is 6.04. The molecule has 2 aromatic rings. The van der Waals surface area contributed by atoms with Crippen LogP contribution in [0.4, 0.5) is 4.39 Å². The Kier molecular flexibility index (Phi) is 4.91. The van der Waals surface area contributed by atoms with Gasteiger partial charge >= 0.3 is 0 Å². The maximum atomic E-state index is 13.1. The summed E-state index contributed by atoms with van der Waals surface area (Å²) in [6, 6.07) is 12.1. The molecule has 0 atom stereocenters. The van der Waals surface area contributed by atoms with E-state index in [1.54, 1.807) is 6.07 Å². The largest absolute Gasteiger partial charge is 0.372 e. The van der Waals surface area contributed by atoms with Gasteiger partial charge in [0, 0.05) is 11.6 Å². The molecular weight excluding hydrogens is 265 g/mol. The Morgan fingerprint density at radius 2 is 1.74 bits per heavy atom. The quantitative estimate of drug-likeness (QED) is 0.907. The first-order chi connectivity index (χ1) is 9.20. The zero-order valence-electron chi connectivity index (χ0n) is 10.4. The lowest BCUT2D eigenvalue weighted by Gasteiger charge is -2.09. The van der Waals surface area contributed by atoms with Crippen molar-refractivity contribution in [3.8, 4) is 0 Å². The van der Waals surface area contributed by atoms with Crippen LogP contribution in [-0.2, 0) is 24.5 Å². The van der Waals surface area contributed by atoms with Gasteiger partial charge in [-0.25, -0.2) is 4.39 Å². The van der Waals surface area contributed by atoms with Gasteiger partial charge in [0.1, 0.15) is 5.82 Å². The van der Waals surface area contributed by atoms with Crippen LogP contribution in [0, 0.1) is 5.82 Å². The van der Waals surface area contributed by atoms with Gasteiger partial charge in [0.05, 0.1) is 13.2 Å². The van der Waals surface area contributed by atoms with Crippen LogP contribution in [0.15, 0.2) is 42.5 Å². The summed E-state index contributed by atoms with van der Waals surface area (Å²) in [7, 11) is 0. The Morgan fingerprint density at radius 3 is 2.47 bits per heavy atom. The van der Waals surface area contributed by atoms with E-state index in [1.807, 2.05) is 24.3 Å². The average Bonchev–Trinajstić information content (AvgIpc) is 2.42. The van der Waals surface area contributed by atoms with Crippen LogP contribution in [0.3, 0.4) is 0 Å². The van der Waals surface area contributed by atoms with E-state index in [-0.39, 0.29) is 5.82 Å². The van der Waals surface area contributed by atoms with Crippen molar-refractivity contribution in [3.05, 3.63) is 70.0 Å². The van der Waals surface area contributed by atoms with Gasteiger partial charge in [-0.2, -0.15) is 0 Å². The first-order valence-corrected chi connectivity index (χ1v) is 6.37. The van der Waals surface area contributed by atoms with E-state index >= 15 is 0 Å². The minimum atomic E-state index is -0.282. The minimum Gasteiger partial charge on any atom is -0.372 e. The van der Waals surface area contributed by atoms with E-state index in [0.29, 0.717) is 24.8 Å². The third kappa shape index (κ3) is 3.77. The van der Waals surface area contributed by atoms with Crippen LogP contribution < -0.4 is 5.73 Å². The first-order valence-electron chi connectivity index (χ1n) is 5.99. The molecule has 0 amide bonds. The third-order valence-electron chi connectivity index (χ3n) is 2.86. The second-order valence-corrected chi connectivity index (χ2v) is 4.61. The molecule has 0 saturated carbocycles. The Morgan fingerprint density at radius 1 is 1.00 bits per heavy atom. The highest BCUT2D eigenvalue weighted by Crippen LogP contribution is 2.17. The molecule has 0 aliphatic carbocycles. The van der Waals surface area contributed by atoms with Crippen molar-refractivity contribution >= 4 is 11.6 Å². The molecule has 0 aliphatic heterocycles. The van der Waals surface area contributed by atoms with Crippen molar-refractivity contribution in [2.24, 2.45) is 5.73 Å². The Hall–Kier alpha value is -1.42. The highest BCUT2D eigenvalue weighted by atomic mass is 35.5. The fourth-order valence-corrected chi connectivity index (χ4v) is 2.00. The predicted molar refractivity (Wildman–Crippen MR) is 74.2 cm³/mol. The molecule has 0 unspecified atom stereocenters. The highest BCUT2D eigenvalue weighted by molar-refractivity contribution is 6.31. The zero-order valence-corrected chi connectivity index (χ0v) is 11.2. The lowest BCUT2D eigenvalue weighted by Crippen LogP contribution is -2.04. The van der Waals surface area contributed by atoms with E-state index in [4.69, 9.17) is 22.1 Å². The van der Waals surface area contributed by atoms with Crippen LogP contribution in [0.25, 0.3) is 0 Å². The second-order valence-electron chi connectivity index (χ2n) is 4.20. The van der Waals surface area contributed by atoms with Gasteiger partial charge in [-0.05, 0) is 34.9 Å². The minimum absolute atomic E-state index is 0.282. The summed E-state index contributed by atoms with van der Waals surface area (Å²) in [5.74, 6) is -0.282. The fourth-order valence-electron chi connectivity index (χ4n) is 1.81. The number of hydrogen-bond acceptors (Lipinski definition) is 2. The maximum Gasteiger partial charge on any atom is 0.123 e. The molecule has 0 spiro atoms. The summed E-state index contributed by atoms with van der Waals surface area (Å²) in [6.45, 7) is 1.10. The van der Waals surface area contributed by atoms with Crippen LogP contribution in [0.5, 0.6) is 0 Å². The number of nitrogens with two attached hydrogens (primary N) is 1. The SMILES string of the molecule is NCc1cc(F)ccc1COCc1ccccc1Cl. The number of halogens is 2. The molecule has 0 radical (unpaired) electrons. The lowest BCUT2D eigenvalue weighted by atomic mass is 10.1. The summed E-state index contributed by atoms with van der Waals surface area (Å²) < 4.78 is 18.7. The smallest absolute Gasteiger partial charge is 0.123 e. The fraction of sp³-hybridized carbons (Fsp3) is 0.200. The van der Waals surface area contributed by atoms with Gasteiger partial charge in [-0.1, -0.05) is 35.9 Å². The Labute approximate surface area is 117 Å². The predicted octanol–water partition coefficient (Wildman–Crippen LogP) is 3.65. The third-order valence-corrected chi connectivity index (χ3v) is 3.23. The van der Waals surface area contributed by atoms with Gasteiger partial charge in [-0.15, -0.1) is 0 Å². The number of benzene rings is 2. The summed E-state index contributed by atoms with van der Waals surface area (Å²) in [5, 5.41) is 0.681. The van der Waals surface area contributed by atoms with Crippen LogP contribution in [0.2, 0.25) is 5.02 Å². The van der Waals surface area contributed by atoms with Crippen LogP contribution in [-0.4, -0.2) is 0 Å². The molecule has 0 bridgehead atoms. The summed E-state index contributed by atoms with van der Waals surface area (Å²) in [5.41, 5.74) is 8.18. The van der Waals surface area contributed by atoms with Crippen molar-refractivity contribution in [1.29, 1.82) is 0 Å². The van der Waals surface area contributed by atoms with Crippen molar-refractivity contribution < 1.29 is 9.13 Å². The number of rotatable bonds is 5. The van der Waals surface area contributed by atoms with Gasteiger partial charge < -0.3 is 10.5 Å². The van der Waals surface area contributed by atoms with Crippen molar-refractivity contribution in [2.75, 3.05) is 0 Å². The molecule has 2 nitrogen and oxygen atoms in total. The summed E-state index contributed by atoms with van der Waals surface area (Å²) in [4.78, 5) is 0. The van der Waals surface area contributed by atoms with Crippen LogP contribution >= 0.6 is 11.6 Å². The molecule has 2 N–H and O–H groups in total. The number of ether oxygens (including phenoxy) is 1. The van der Waals surface area contributed by atoms with Crippen LogP contribution in [0.1, 0.15) is 16.7 Å². The van der Waals surface area contributed by atoms with Crippen molar-refractivity contribution in [1.82, 2.24) is 0 Å². The monoisotopic (exact) mass is 279 g/mol. The molecule has 0 aromatic heterocycles. The highest BCUT2D eigenvalue weighted by Gasteiger charge is 2.04. The standard InChI is InChI=1S/C15H15ClFNO/c16-15-4-2-1-3-12(15)10-19-9-11-5-6-14(17)7-13(11)8-18/h1-7H,8-10,18H2. The van der Waals surface area contributed by atoms with Gasteiger partial charge in [0.2, 0.25) is 0 Å². The molecule has 2 rings (SSSR count).